The Morgan fingerprint density at radius 3 is 3.16 bits per heavy atom. The fourth-order valence-electron chi connectivity index (χ4n) is 2.49. The van der Waals surface area contributed by atoms with Crippen molar-refractivity contribution < 1.29 is 14.6 Å². The summed E-state index contributed by atoms with van der Waals surface area (Å²) in [6, 6.07) is 5.84. The van der Waals surface area contributed by atoms with Crippen LogP contribution in [0.25, 0.3) is 0 Å². The van der Waals surface area contributed by atoms with Crippen LogP contribution in [0.2, 0.25) is 0 Å². The monoisotopic (exact) mass is 264 g/mol. The first-order chi connectivity index (χ1) is 9.16. The molecule has 1 aromatic carbocycles. The predicted octanol–water partition coefficient (Wildman–Crippen LogP) is 0.861. The van der Waals surface area contributed by atoms with Crippen LogP contribution in [0.4, 0.5) is 0 Å². The Morgan fingerprint density at radius 1 is 1.53 bits per heavy atom. The van der Waals surface area contributed by atoms with E-state index in [9.17, 15) is 9.90 Å². The molecule has 1 unspecified atom stereocenters. The first kappa shape index (κ1) is 13.8. The van der Waals surface area contributed by atoms with Crippen LogP contribution in [0, 0.1) is 0 Å². The highest BCUT2D eigenvalue weighted by Gasteiger charge is 2.19. The average Bonchev–Trinajstić information content (AvgIpc) is 2.37. The molecule has 1 amide bonds. The normalized spacial score (nSPS) is 18.0. The Kier molecular flexibility index (Phi) is 4.76. The molecule has 0 spiro atoms. The molecule has 19 heavy (non-hydrogen) atoms. The number of carbonyl (C=O) groups excluding carboxylic acids is 1. The minimum atomic E-state index is -0.446. The number of fused-ring (bicyclic) bond motifs is 1. The number of nitrogens with one attached hydrogen (secondary N) is 1. The molecule has 5 heteroatoms. The molecule has 104 valence electrons. The highest BCUT2D eigenvalue weighted by atomic mass is 16.5. The standard InChI is InChI=1S/C14H20N2O3/c15-14(18)9-19-7-6-16-13-3-1-2-10-8-11(17)4-5-12(10)13/h4-5,8,13,16-17H,1-3,6-7,9H2,(H2,15,18). The lowest BCUT2D eigenvalue weighted by molar-refractivity contribution is -0.122. The second kappa shape index (κ2) is 6.54. The zero-order valence-corrected chi connectivity index (χ0v) is 10.9. The van der Waals surface area contributed by atoms with Crippen molar-refractivity contribution in [3.63, 3.8) is 0 Å². The van der Waals surface area contributed by atoms with Crippen molar-refractivity contribution in [1.82, 2.24) is 5.32 Å². The molecule has 5 nitrogen and oxygen atoms in total. The van der Waals surface area contributed by atoms with Gasteiger partial charge in [0.1, 0.15) is 12.4 Å². The van der Waals surface area contributed by atoms with Gasteiger partial charge in [0.2, 0.25) is 5.91 Å². The minimum absolute atomic E-state index is 0.0309. The smallest absolute Gasteiger partial charge is 0.243 e. The SMILES string of the molecule is NC(=O)COCCNC1CCCc2cc(O)ccc21. The van der Waals surface area contributed by atoms with Crippen molar-refractivity contribution in [2.45, 2.75) is 25.3 Å². The highest BCUT2D eigenvalue weighted by molar-refractivity contribution is 5.74. The number of aromatic hydroxyl groups is 1. The third kappa shape index (κ3) is 3.94. The number of aryl methyl sites for hydroxylation is 1. The van der Waals surface area contributed by atoms with E-state index < -0.39 is 5.91 Å². The van der Waals surface area contributed by atoms with Crippen molar-refractivity contribution in [2.24, 2.45) is 5.73 Å². The zero-order valence-electron chi connectivity index (χ0n) is 10.9. The van der Waals surface area contributed by atoms with E-state index in [0.717, 1.165) is 19.3 Å². The first-order valence-electron chi connectivity index (χ1n) is 6.58. The second-order valence-corrected chi connectivity index (χ2v) is 4.80. The number of amides is 1. The third-order valence-corrected chi connectivity index (χ3v) is 3.32. The van der Waals surface area contributed by atoms with Gasteiger partial charge in [-0.25, -0.2) is 0 Å². The van der Waals surface area contributed by atoms with E-state index in [4.69, 9.17) is 10.5 Å². The van der Waals surface area contributed by atoms with Gasteiger partial charge >= 0.3 is 0 Å². The van der Waals surface area contributed by atoms with E-state index in [0.29, 0.717) is 24.9 Å². The van der Waals surface area contributed by atoms with Gasteiger partial charge in [-0.2, -0.15) is 0 Å². The van der Waals surface area contributed by atoms with Gasteiger partial charge in [0.25, 0.3) is 0 Å². The number of benzene rings is 1. The van der Waals surface area contributed by atoms with Crippen LogP contribution in [-0.4, -0.2) is 30.8 Å². The van der Waals surface area contributed by atoms with E-state index in [-0.39, 0.29) is 6.61 Å². The summed E-state index contributed by atoms with van der Waals surface area (Å²) in [5.74, 6) is -0.123. The fraction of sp³-hybridized carbons (Fsp3) is 0.500. The molecular weight excluding hydrogens is 244 g/mol. The molecule has 0 aromatic heterocycles. The van der Waals surface area contributed by atoms with Crippen molar-refractivity contribution in [3.05, 3.63) is 29.3 Å². The first-order valence-corrected chi connectivity index (χ1v) is 6.58. The summed E-state index contributed by atoms with van der Waals surface area (Å²) in [7, 11) is 0. The summed E-state index contributed by atoms with van der Waals surface area (Å²) >= 11 is 0. The maximum atomic E-state index is 10.5. The van der Waals surface area contributed by atoms with Crippen LogP contribution in [0.3, 0.4) is 0 Å². The lowest BCUT2D eigenvalue weighted by Gasteiger charge is -2.26. The summed E-state index contributed by atoms with van der Waals surface area (Å²) in [6.07, 6.45) is 3.20. The number of hydrogen-bond acceptors (Lipinski definition) is 4. The average molecular weight is 264 g/mol. The number of hydrogen-bond donors (Lipinski definition) is 3. The topological polar surface area (TPSA) is 84.6 Å². The van der Waals surface area contributed by atoms with E-state index in [1.165, 1.54) is 11.1 Å². The third-order valence-electron chi connectivity index (χ3n) is 3.32. The number of primary amides is 1. The van der Waals surface area contributed by atoms with E-state index in [2.05, 4.69) is 5.32 Å². The predicted molar refractivity (Wildman–Crippen MR) is 71.8 cm³/mol. The van der Waals surface area contributed by atoms with Crippen LogP contribution in [-0.2, 0) is 16.0 Å². The Balaban J connectivity index is 1.84. The number of ether oxygens (including phenoxy) is 1. The van der Waals surface area contributed by atoms with Crippen molar-refractivity contribution in [2.75, 3.05) is 19.8 Å². The molecule has 0 bridgehead atoms. The van der Waals surface area contributed by atoms with Crippen LogP contribution in [0.5, 0.6) is 5.75 Å². The molecule has 0 radical (unpaired) electrons. The molecule has 0 saturated carbocycles. The quantitative estimate of drug-likeness (QED) is 0.665. The minimum Gasteiger partial charge on any atom is -0.508 e. The van der Waals surface area contributed by atoms with Crippen molar-refractivity contribution in [1.29, 1.82) is 0 Å². The van der Waals surface area contributed by atoms with Crippen LogP contribution in [0.15, 0.2) is 18.2 Å². The van der Waals surface area contributed by atoms with Crippen LogP contribution < -0.4 is 11.1 Å². The van der Waals surface area contributed by atoms with E-state index in [1.54, 1.807) is 6.07 Å². The van der Waals surface area contributed by atoms with Crippen molar-refractivity contribution >= 4 is 5.91 Å². The second-order valence-electron chi connectivity index (χ2n) is 4.80. The van der Waals surface area contributed by atoms with Gasteiger partial charge in [-0.3, -0.25) is 4.79 Å². The number of phenolic OH excluding ortho intramolecular Hbond substituents is 1. The van der Waals surface area contributed by atoms with E-state index in [1.807, 2.05) is 12.1 Å². The van der Waals surface area contributed by atoms with Gasteiger partial charge in [0.15, 0.2) is 0 Å². The summed E-state index contributed by atoms with van der Waals surface area (Å²) in [5.41, 5.74) is 7.45. The van der Waals surface area contributed by atoms with Gasteiger partial charge < -0.3 is 20.9 Å². The maximum Gasteiger partial charge on any atom is 0.243 e. The molecule has 0 saturated heterocycles. The lowest BCUT2D eigenvalue weighted by Crippen LogP contribution is -2.29. The largest absolute Gasteiger partial charge is 0.508 e. The van der Waals surface area contributed by atoms with Crippen LogP contribution in [0.1, 0.15) is 30.0 Å². The zero-order chi connectivity index (χ0) is 13.7. The summed E-state index contributed by atoms with van der Waals surface area (Å²) in [4.78, 5) is 10.5. The number of rotatable bonds is 6. The van der Waals surface area contributed by atoms with Crippen molar-refractivity contribution in [3.8, 4) is 5.75 Å². The molecule has 1 aromatic rings. The lowest BCUT2D eigenvalue weighted by atomic mass is 9.87. The van der Waals surface area contributed by atoms with Gasteiger partial charge in [-0.1, -0.05) is 6.07 Å². The Bertz CT molecular complexity index is 448. The van der Waals surface area contributed by atoms with Gasteiger partial charge in [-0.15, -0.1) is 0 Å². The molecule has 0 aliphatic heterocycles. The number of carbonyl (C=O) groups is 1. The molecule has 1 aliphatic carbocycles. The Morgan fingerprint density at radius 2 is 2.37 bits per heavy atom. The molecule has 0 heterocycles. The summed E-state index contributed by atoms with van der Waals surface area (Å²) in [6.45, 7) is 1.11. The number of nitrogens with two attached hydrogens (primary N) is 1. The molecule has 0 fully saturated rings. The molecular formula is C14H20N2O3. The van der Waals surface area contributed by atoms with Gasteiger partial charge in [0, 0.05) is 12.6 Å². The molecule has 1 aliphatic rings. The Hall–Kier alpha value is -1.59. The highest BCUT2D eigenvalue weighted by Crippen LogP contribution is 2.31. The maximum absolute atomic E-state index is 10.5. The molecule has 1 atom stereocenters. The summed E-state index contributed by atoms with van der Waals surface area (Å²) in [5, 5.41) is 12.9. The van der Waals surface area contributed by atoms with Crippen LogP contribution >= 0.6 is 0 Å². The Labute approximate surface area is 112 Å². The fourth-order valence-corrected chi connectivity index (χ4v) is 2.49. The van der Waals surface area contributed by atoms with E-state index >= 15 is 0 Å². The molecule has 2 rings (SSSR count). The molecule has 4 N–H and O–H groups in total. The summed E-state index contributed by atoms with van der Waals surface area (Å²) < 4.78 is 5.12. The van der Waals surface area contributed by atoms with Gasteiger partial charge in [0.05, 0.1) is 6.61 Å². The van der Waals surface area contributed by atoms with Gasteiger partial charge in [-0.05, 0) is 42.5 Å². The number of phenols is 1.